The quantitative estimate of drug-likeness (QED) is 0.382. The second-order valence-electron chi connectivity index (χ2n) is 8.19. The summed E-state index contributed by atoms with van der Waals surface area (Å²) in [6.45, 7) is 17.9. The Labute approximate surface area is 204 Å². The fourth-order valence-corrected chi connectivity index (χ4v) is 4.43. The molecule has 0 amide bonds. The average molecular weight is 634 g/mol. The van der Waals surface area contributed by atoms with Crippen molar-refractivity contribution in [2.45, 2.75) is 41.2 Å². The van der Waals surface area contributed by atoms with Gasteiger partial charge in [-0.25, -0.2) is 0 Å². The Kier molecular flexibility index (Phi) is 8.55. The summed E-state index contributed by atoms with van der Waals surface area (Å²) in [6.07, 6.45) is 0. The van der Waals surface area contributed by atoms with Crippen LogP contribution >= 0.6 is 37.2 Å². The number of ether oxygens (including phenoxy) is 2. The van der Waals surface area contributed by atoms with Crippen LogP contribution in [0.5, 0.6) is 11.5 Å². The molecule has 164 valence electrons. The van der Waals surface area contributed by atoms with Crippen molar-refractivity contribution in [2.75, 3.05) is 44.3 Å². The molecule has 2 aliphatic heterocycles. The Bertz CT molecular complexity index is 864. The van der Waals surface area contributed by atoms with Crippen LogP contribution in [0.15, 0.2) is 18.2 Å². The number of halogens is 2. The van der Waals surface area contributed by atoms with Crippen molar-refractivity contribution in [1.29, 1.82) is 0 Å². The van der Waals surface area contributed by atoms with E-state index in [0.29, 0.717) is 13.2 Å². The number of anilines is 1. The molecule has 4 rings (SSSR count). The van der Waals surface area contributed by atoms with Gasteiger partial charge in [-0.05, 0) is 80.1 Å². The third-order valence-corrected chi connectivity index (χ3v) is 6.80. The van der Waals surface area contributed by atoms with Crippen molar-refractivity contribution in [3.63, 3.8) is 0 Å². The summed E-state index contributed by atoms with van der Waals surface area (Å²) < 4.78 is 11.4. The van der Waals surface area contributed by atoms with Crippen molar-refractivity contribution in [2.24, 2.45) is 0 Å². The second-order valence-corrected chi connectivity index (χ2v) is 8.19. The number of hydrogen-bond acceptors (Lipinski definition) is 4. The van der Waals surface area contributed by atoms with E-state index in [9.17, 15) is 0 Å². The van der Waals surface area contributed by atoms with Gasteiger partial charge in [-0.15, -0.1) is 0 Å². The first-order valence-corrected chi connectivity index (χ1v) is 16.8. The van der Waals surface area contributed by atoms with Crippen LogP contribution in [0.2, 0.25) is 0 Å². The van der Waals surface area contributed by atoms with Gasteiger partial charge in [-0.2, -0.15) is 0 Å². The number of fused-ring (bicyclic) bond motifs is 1. The fraction of sp³-hybridized carbons (Fsp3) is 0.500. The van der Waals surface area contributed by atoms with Gasteiger partial charge in [0, 0.05) is 81.7 Å². The van der Waals surface area contributed by atoms with E-state index in [1.807, 2.05) is 6.07 Å². The molecule has 2 heterocycles. The lowest BCUT2D eigenvalue weighted by Gasteiger charge is -2.37. The van der Waals surface area contributed by atoms with Crippen molar-refractivity contribution in [3.8, 4) is 11.5 Å². The van der Waals surface area contributed by atoms with E-state index in [-0.39, 0.29) is 0 Å². The summed E-state index contributed by atoms with van der Waals surface area (Å²) in [4.78, 5) is 5.05. The van der Waals surface area contributed by atoms with Gasteiger partial charge in [0.05, 0.1) is 0 Å². The van der Waals surface area contributed by atoms with Crippen LogP contribution in [0.4, 0.5) is 5.69 Å². The van der Waals surface area contributed by atoms with Crippen LogP contribution in [0.25, 0.3) is 0 Å². The van der Waals surface area contributed by atoms with Crippen molar-refractivity contribution >= 4 is 42.9 Å². The average Bonchev–Trinajstić information content (AvgIpc) is 2.80. The molecule has 0 atom stereocenters. The molecular weight excluding hydrogens is 602 g/mol. The number of hydrogen-bond donors (Lipinski definition) is 0. The molecule has 0 saturated carbocycles. The lowest BCUT2D eigenvalue weighted by atomic mass is 9.89. The number of benzene rings is 2. The van der Waals surface area contributed by atoms with Gasteiger partial charge in [0.25, 0.3) is 0 Å². The summed E-state index contributed by atoms with van der Waals surface area (Å²) >= 11 is 4.24. The summed E-state index contributed by atoms with van der Waals surface area (Å²) in [7, 11) is 0. The highest BCUT2D eigenvalue weighted by atomic mass is 128. The molecule has 2 aromatic rings. The largest absolute Gasteiger partial charge is 0.486 e. The van der Waals surface area contributed by atoms with E-state index in [0.717, 1.165) is 44.2 Å². The molecule has 0 bridgehead atoms. The maximum atomic E-state index is 5.75. The summed E-state index contributed by atoms with van der Waals surface area (Å²) in [6, 6.07) is 6.33. The Morgan fingerprint density at radius 3 is 1.87 bits per heavy atom. The zero-order valence-electron chi connectivity index (χ0n) is 18.6. The van der Waals surface area contributed by atoms with Gasteiger partial charge in [0.15, 0.2) is 11.5 Å². The minimum atomic E-state index is 0.637. The molecule has 0 spiro atoms. The zero-order valence-corrected chi connectivity index (χ0v) is 23.0. The van der Waals surface area contributed by atoms with Gasteiger partial charge in [0.2, 0.25) is 0 Å². The highest BCUT2D eigenvalue weighted by Crippen LogP contribution is 2.34. The first-order valence-electron chi connectivity index (χ1n) is 10.5. The molecule has 0 aliphatic carbocycles. The van der Waals surface area contributed by atoms with Gasteiger partial charge in [0.1, 0.15) is 13.2 Å². The minimum Gasteiger partial charge on any atom is -0.486 e. The highest BCUT2D eigenvalue weighted by Gasteiger charge is 2.21. The van der Waals surface area contributed by atoms with Crippen LogP contribution in [-0.2, 0) is 6.54 Å². The summed E-state index contributed by atoms with van der Waals surface area (Å²) in [5.74, 6) is 1.74. The van der Waals surface area contributed by atoms with E-state index in [1.54, 1.807) is 0 Å². The summed E-state index contributed by atoms with van der Waals surface area (Å²) in [5, 5.41) is 0. The number of piperazine rings is 1. The molecule has 30 heavy (non-hydrogen) atoms. The zero-order chi connectivity index (χ0) is 21.8. The predicted octanol–water partition coefficient (Wildman–Crippen LogP) is 6.09. The van der Waals surface area contributed by atoms with E-state index in [1.165, 1.54) is 39.1 Å². The Balaban J connectivity index is 0.00000124. The maximum Gasteiger partial charge on any atom is 0.163 e. The molecule has 0 aromatic heterocycles. The van der Waals surface area contributed by atoms with E-state index < -0.39 is 0 Å². The molecule has 0 unspecified atom stereocenters. The molecule has 2 aliphatic rings. The lowest BCUT2D eigenvalue weighted by Crippen LogP contribution is -2.46. The van der Waals surface area contributed by atoms with Crippen molar-refractivity contribution in [1.82, 2.24) is 4.90 Å². The molecule has 0 radical (unpaired) electrons. The van der Waals surface area contributed by atoms with Gasteiger partial charge in [-0.1, -0.05) is 0 Å². The van der Waals surface area contributed by atoms with Crippen LogP contribution < -0.4 is 14.4 Å². The Morgan fingerprint density at radius 2 is 1.27 bits per heavy atom. The van der Waals surface area contributed by atoms with Gasteiger partial charge in [-0.3, -0.25) is 4.90 Å². The molecule has 1 fully saturated rings. The third-order valence-electron chi connectivity index (χ3n) is 6.80. The normalized spacial score (nSPS) is 16.2. The van der Waals surface area contributed by atoms with Gasteiger partial charge < -0.3 is 14.4 Å². The highest BCUT2D eigenvalue weighted by molar-refractivity contribution is 15.0. The minimum absolute atomic E-state index is 0.637. The van der Waals surface area contributed by atoms with Crippen molar-refractivity contribution in [3.05, 3.63) is 51.6 Å². The van der Waals surface area contributed by atoms with E-state index >= 15 is 0 Å². The second kappa shape index (κ2) is 10.7. The molecule has 0 N–H and O–H groups in total. The topological polar surface area (TPSA) is 24.9 Å². The van der Waals surface area contributed by atoms with Crippen LogP contribution in [0.1, 0.15) is 33.4 Å². The van der Waals surface area contributed by atoms with E-state index in [2.05, 4.69) is 93.8 Å². The molecular formula is C24H32I2N2O2. The first kappa shape index (κ1) is 23.9. The molecule has 2 aromatic carbocycles. The van der Waals surface area contributed by atoms with Crippen molar-refractivity contribution < 1.29 is 9.47 Å². The number of nitrogens with zero attached hydrogens (tertiary/aromatic N) is 2. The van der Waals surface area contributed by atoms with E-state index in [4.69, 9.17) is 9.47 Å². The predicted molar refractivity (Wildman–Crippen MR) is 143 cm³/mol. The van der Waals surface area contributed by atoms with Crippen LogP contribution in [0.3, 0.4) is 0 Å². The third kappa shape index (κ3) is 5.01. The molecule has 6 heteroatoms. The maximum absolute atomic E-state index is 5.75. The molecule has 4 nitrogen and oxygen atoms in total. The number of rotatable bonds is 3. The van der Waals surface area contributed by atoms with Gasteiger partial charge >= 0.3 is 0 Å². The van der Waals surface area contributed by atoms with Crippen LogP contribution in [-0.4, -0.2) is 44.3 Å². The first-order chi connectivity index (χ1) is 14.5. The lowest BCUT2D eigenvalue weighted by molar-refractivity contribution is 0.171. The standard InChI is InChI=1S/C24H32N2O2.I2/c1-16-17(2)19(4)22(20(5)18(16)3)15-25-8-10-26(11-9-25)21-6-7-23-24(14-21)28-13-12-27-23;1-2/h6-7,14H,8-13,15H2,1-5H3;. The monoisotopic (exact) mass is 634 g/mol. The Hall–Kier alpha value is -0.740. The molecule has 1 saturated heterocycles. The van der Waals surface area contributed by atoms with Crippen LogP contribution in [0, 0.1) is 34.6 Å². The Morgan fingerprint density at radius 1 is 0.733 bits per heavy atom. The summed E-state index contributed by atoms with van der Waals surface area (Å²) in [5.41, 5.74) is 10.0. The SMILES string of the molecule is Cc1c(C)c(C)c(CN2CCN(c3ccc4c(c3)OCCO4)CC2)c(C)c1C.II. The fourth-order valence-electron chi connectivity index (χ4n) is 4.43. The smallest absolute Gasteiger partial charge is 0.163 e.